The third-order valence-corrected chi connectivity index (χ3v) is 5.10. The third kappa shape index (κ3) is 4.05. The van der Waals surface area contributed by atoms with Crippen molar-refractivity contribution in [1.82, 2.24) is 14.9 Å². The van der Waals surface area contributed by atoms with Gasteiger partial charge >= 0.3 is 0 Å². The number of hydrogen-bond donors (Lipinski definition) is 2. The Bertz CT molecular complexity index is 957. The van der Waals surface area contributed by atoms with Crippen LogP contribution in [0.4, 0.5) is 14.6 Å². The van der Waals surface area contributed by atoms with Gasteiger partial charge in [-0.1, -0.05) is 6.08 Å². The number of H-pyrrole nitrogens is 1. The molecule has 1 saturated carbocycles. The summed E-state index contributed by atoms with van der Waals surface area (Å²) < 4.78 is 26.2. The SMILES string of the molecule is CC(F)(F)CC(=O)N1CC=C(c2cc(NC(=O)C3CC3)nc3[nH]ccc23)CC1. The molecular weight excluding hydrogens is 366 g/mol. The summed E-state index contributed by atoms with van der Waals surface area (Å²) in [6.07, 6.45) is 5.29. The first kappa shape index (κ1) is 18.6. The first-order chi connectivity index (χ1) is 13.3. The number of halogens is 2. The lowest BCUT2D eigenvalue weighted by molar-refractivity contribution is -0.137. The highest BCUT2D eigenvalue weighted by atomic mass is 19.3. The van der Waals surface area contributed by atoms with E-state index in [-0.39, 0.29) is 11.8 Å². The fraction of sp³-hybridized carbons (Fsp3) is 0.450. The molecule has 1 aliphatic carbocycles. The van der Waals surface area contributed by atoms with Crippen LogP contribution in [0.3, 0.4) is 0 Å². The van der Waals surface area contributed by atoms with E-state index in [9.17, 15) is 18.4 Å². The van der Waals surface area contributed by atoms with E-state index in [0.717, 1.165) is 36.3 Å². The Labute approximate surface area is 161 Å². The molecule has 0 radical (unpaired) electrons. The van der Waals surface area contributed by atoms with Gasteiger partial charge in [0, 0.05) is 30.6 Å². The number of alkyl halides is 2. The number of fused-ring (bicyclic) bond motifs is 1. The summed E-state index contributed by atoms with van der Waals surface area (Å²) in [5.41, 5.74) is 2.63. The number of rotatable bonds is 5. The molecule has 2 N–H and O–H groups in total. The predicted molar refractivity (Wildman–Crippen MR) is 102 cm³/mol. The maximum absolute atomic E-state index is 13.1. The van der Waals surface area contributed by atoms with Crippen molar-refractivity contribution in [3.05, 3.63) is 30.0 Å². The zero-order valence-electron chi connectivity index (χ0n) is 15.6. The summed E-state index contributed by atoms with van der Waals surface area (Å²) in [5, 5.41) is 3.80. The van der Waals surface area contributed by atoms with Gasteiger partial charge in [-0.15, -0.1) is 0 Å². The summed E-state index contributed by atoms with van der Waals surface area (Å²) >= 11 is 0. The number of carbonyl (C=O) groups excluding carboxylic acids is 2. The van der Waals surface area contributed by atoms with Crippen molar-refractivity contribution < 1.29 is 18.4 Å². The smallest absolute Gasteiger partial charge is 0.254 e. The molecule has 28 heavy (non-hydrogen) atoms. The largest absolute Gasteiger partial charge is 0.346 e. The van der Waals surface area contributed by atoms with Crippen LogP contribution in [-0.4, -0.2) is 45.7 Å². The molecule has 3 heterocycles. The Morgan fingerprint density at radius 2 is 2.18 bits per heavy atom. The van der Waals surface area contributed by atoms with E-state index >= 15 is 0 Å². The first-order valence-corrected chi connectivity index (χ1v) is 9.44. The zero-order chi connectivity index (χ0) is 19.9. The molecule has 0 atom stereocenters. The molecule has 4 rings (SSSR count). The standard InChI is InChI=1S/C20H22F2N4O2/c1-20(21,22)11-17(27)26-8-5-12(6-9-26)15-10-16(25-19(28)13-2-3-13)24-18-14(15)4-7-23-18/h4-5,7,10,13H,2-3,6,8-9,11H2,1H3,(H2,23,24,25,28). The van der Waals surface area contributed by atoms with Gasteiger partial charge in [-0.25, -0.2) is 13.8 Å². The average Bonchev–Trinajstić information content (AvgIpc) is 3.38. The number of aromatic amines is 1. The van der Waals surface area contributed by atoms with Crippen molar-refractivity contribution in [1.29, 1.82) is 0 Å². The predicted octanol–water partition coefficient (Wildman–Crippen LogP) is 3.57. The molecule has 148 valence electrons. The van der Waals surface area contributed by atoms with Crippen LogP contribution in [0.25, 0.3) is 16.6 Å². The fourth-order valence-electron chi connectivity index (χ4n) is 3.46. The van der Waals surface area contributed by atoms with Crippen LogP contribution in [0.15, 0.2) is 24.4 Å². The second-order valence-electron chi connectivity index (χ2n) is 7.62. The number of hydrogen-bond acceptors (Lipinski definition) is 3. The molecular formula is C20H22F2N4O2. The molecule has 0 bridgehead atoms. The highest BCUT2D eigenvalue weighted by Crippen LogP contribution is 2.33. The van der Waals surface area contributed by atoms with Crippen LogP contribution in [0.2, 0.25) is 0 Å². The van der Waals surface area contributed by atoms with Gasteiger partial charge in [-0.2, -0.15) is 0 Å². The molecule has 0 saturated heterocycles. The molecule has 2 amide bonds. The minimum absolute atomic E-state index is 0.0146. The third-order valence-electron chi connectivity index (χ3n) is 5.10. The van der Waals surface area contributed by atoms with Gasteiger partial charge in [0.2, 0.25) is 11.8 Å². The number of aromatic nitrogens is 2. The molecule has 6 nitrogen and oxygen atoms in total. The van der Waals surface area contributed by atoms with Crippen LogP contribution in [-0.2, 0) is 9.59 Å². The Hall–Kier alpha value is -2.77. The van der Waals surface area contributed by atoms with Gasteiger partial charge in [0.15, 0.2) is 0 Å². The van der Waals surface area contributed by atoms with E-state index in [1.54, 1.807) is 6.20 Å². The van der Waals surface area contributed by atoms with Crippen LogP contribution in [0.1, 0.15) is 38.2 Å². The first-order valence-electron chi connectivity index (χ1n) is 9.44. The van der Waals surface area contributed by atoms with E-state index < -0.39 is 18.3 Å². The maximum Gasteiger partial charge on any atom is 0.254 e. The molecule has 0 aromatic carbocycles. The normalized spacial score (nSPS) is 17.5. The van der Waals surface area contributed by atoms with E-state index in [1.807, 2.05) is 18.2 Å². The van der Waals surface area contributed by atoms with E-state index in [0.29, 0.717) is 31.0 Å². The molecule has 2 aromatic heterocycles. The highest BCUT2D eigenvalue weighted by molar-refractivity contribution is 5.97. The monoisotopic (exact) mass is 388 g/mol. The molecule has 2 aromatic rings. The zero-order valence-corrected chi connectivity index (χ0v) is 15.6. The van der Waals surface area contributed by atoms with Crippen LogP contribution >= 0.6 is 0 Å². The number of pyridine rings is 1. The number of nitrogens with one attached hydrogen (secondary N) is 2. The summed E-state index contributed by atoms with van der Waals surface area (Å²) in [7, 11) is 0. The average molecular weight is 388 g/mol. The maximum atomic E-state index is 13.1. The minimum atomic E-state index is -3.00. The lowest BCUT2D eigenvalue weighted by Gasteiger charge is -2.28. The minimum Gasteiger partial charge on any atom is -0.346 e. The molecule has 0 unspecified atom stereocenters. The Morgan fingerprint density at radius 3 is 2.82 bits per heavy atom. The highest BCUT2D eigenvalue weighted by Gasteiger charge is 2.31. The molecule has 2 aliphatic rings. The summed E-state index contributed by atoms with van der Waals surface area (Å²) in [6.45, 7) is 1.44. The van der Waals surface area contributed by atoms with E-state index in [4.69, 9.17) is 0 Å². The number of carbonyl (C=O) groups is 2. The lowest BCUT2D eigenvalue weighted by atomic mass is 9.97. The molecule has 0 spiro atoms. The molecule has 1 fully saturated rings. The van der Waals surface area contributed by atoms with Gasteiger partial charge in [-0.3, -0.25) is 9.59 Å². The Balaban J connectivity index is 1.56. The topological polar surface area (TPSA) is 78.1 Å². The summed E-state index contributed by atoms with van der Waals surface area (Å²) in [4.78, 5) is 33.1. The van der Waals surface area contributed by atoms with Crippen LogP contribution in [0.5, 0.6) is 0 Å². The second kappa shape index (κ2) is 7.00. The number of nitrogens with zero attached hydrogens (tertiary/aromatic N) is 2. The number of anilines is 1. The Morgan fingerprint density at radius 1 is 1.39 bits per heavy atom. The summed E-state index contributed by atoms with van der Waals surface area (Å²) in [6, 6.07) is 3.76. The van der Waals surface area contributed by atoms with Crippen molar-refractivity contribution in [3.63, 3.8) is 0 Å². The second-order valence-corrected chi connectivity index (χ2v) is 7.62. The Kier molecular flexibility index (Phi) is 4.64. The van der Waals surface area contributed by atoms with Crippen molar-refractivity contribution in [3.8, 4) is 0 Å². The van der Waals surface area contributed by atoms with Gasteiger partial charge in [0.05, 0.1) is 6.42 Å². The van der Waals surface area contributed by atoms with Gasteiger partial charge in [-0.05, 0) is 49.5 Å². The quantitative estimate of drug-likeness (QED) is 0.822. The lowest BCUT2D eigenvalue weighted by Crippen LogP contribution is -2.37. The van der Waals surface area contributed by atoms with E-state index in [2.05, 4.69) is 15.3 Å². The van der Waals surface area contributed by atoms with Crippen molar-refractivity contribution in [2.24, 2.45) is 5.92 Å². The van der Waals surface area contributed by atoms with Gasteiger partial charge in [0.25, 0.3) is 5.92 Å². The summed E-state index contributed by atoms with van der Waals surface area (Å²) in [5.74, 6) is -2.99. The molecule has 1 aliphatic heterocycles. The molecule has 8 heteroatoms. The van der Waals surface area contributed by atoms with Crippen molar-refractivity contribution >= 4 is 34.2 Å². The van der Waals surface area contributed by atoms with Crippen molar-refractivity contribution in [2.75, 3.05) is 18.4 Å². The van der Waals surface area contributed by atoms with Gasteiger partial charge in [0.1, 0.15) is 11.5 Å². The van der Waals surface area contributed by atoms with Crippen LogP contribution < -0.4 is 5.32 Å². The van der Waals surface area contributed by atoms with Crippen molar-refractivity contribution in [2.45, 2.75) is 38.5 Å². The van der Waals surface area contributed by atoms with Gasteiger partial charge < -0.3 is 15.2 Å². The fourth-order valence-corrected chi connectivity index (χ4v) is 3.46. The number of amides is 2. The van der Waals surface area contributed by atoms with E-state index in [1.165, 1.54) is 4.90 Å². The van der Waals surface area contributed by atoms with Crippen LogP contribution in [0, 0.1) is 5.92 Å².